The van der Waals surface area contributed by atoms with Crippen molar-refractivity contribution >= 4 is 21.7 Å². The highest BCUT2D eigenvalue weighted by atomic mass is 79.9. The van der Waals surface area contributed by atoms with Crippen LogP contribution < -0.4 is 5.32 Å². The van der Waals surface area contributed by atoms with Gasteiger partial charge in [0.2, 0.25) is 0 Å². The van der Waals surface area contributed by atoms with Gasteiger partial charge in [0.05, 0.1) is 0 Å². The zero-order valence-electron chi connectivity index (χ0n) is 10.6. The van der Waals surface area contributed by atoms with Crippen molar-refractivity contribution in [1.82, 2.24) is 9.97 Å². The maximum absolute atomic E-state index is 4.52. The zero-order valence-corrected chi connectivity index (χ0v) is 12.2. The van der Waals surface area contributed by atoms with E-state index in [1.54, 1.807) is 6.20 Å². The third-order valence-electron chi connectivity index (χ3n) is 2.58. The minimum atomic E-state index is 0.739. The fourth-order valence-electron chi connectivity index (χ4n) is 1.64. The van der Waals surface area contributed by atoms with E-state index in [1.807, 2.05) is 12.1 Å². The van der Waals surface area contributed by atoms with Gasteiger partial charge in [0.1, 0.15) is 5.82 Å². The minimum Gasteiger partial charge on any atom is -0.370 e. The third-order valence-corrected chi connectivity index (χ3v) is 3.23. The van der Waals surface area contributed by atoms with Gasteiger partial charge in [0, 0.05) is 22.8 Å². The highest BCUT2D eigenvalue weighted by Crippen LogP contribution is 2.26. The number of aromatic nitrogens is 2. The zero-order chi connectivity index (χ0) is 13.0. The van der Waals surface area contributed by atoms with Crippen molar-refractivity contribution in [2.45, 2.75) is 20.3 Å². The van der Waals surface area contributed by atoms with Crippen LogP contribution in [-0.2, 0) is 0 Å². The molecule has 18 heavy (non-hydrogen) atoms. The van der Waals surface area contributed by atoms with E-state index in [9.17, 15) is 0 Å². The van der Waals surface area contributed by atoms with Crippen molar-refractivity contribution in [3.8, 4) is 11.4 Å². The molecule has 2 rings (SSSR count). The lowest BCUT2D eigenvalue weighted by Gasteiger charge is -2.07. The summed E-state index contributed by atoms with van der Waals surface area (Å²) in [5, 5.41) is 3.27. The van der Waals surface area contributed by atoms with Crippen LogP contribution >= 0.6 is 15.9 Å². The van der Waals surface area contributed by atoms with Gasteiger partial charge in [0.25, 0.3) is 0 Å². The van der Waals surface area contributed by atoms with Gasteiger partial charge in [-0.05, 0) is 37.1 Å². The summed E-state index contributed by atoms with van der Waals surface area (Å²) in [6, 6.07) is 8.07. The standard InChI is InChI=1S/C14H16BrN3/c1-3-7-16-13-6-8-17-14(18-13)11-5-4-10(2)9-12(11)15/h4-6,8-9H,3,7H2,1-2H3,(H,16,17,18). The Bertz CT molecular complexity index is 540. The molecule has 94 valence electrons. The fourth-order valence-corrected chi connectivity index (χ4v) is 2.31. The fraction of sp³-hybridized carbons (Fsp3) is 0.286. The van der Waals surface area contributed by atoms with Crippen LogP contribution in [-0.4, -0.2) is 16.5 Å². The van der Waals surface area contributed by atoms with E-state index < -0.39 is 0 Å². The largest absolute Gasteiger partial charge is 0.370 e. The van der Waals surface area contributed by atoms with Crippen LogP contribution in [0.15, 0.2) is 34.9 Å². The topological polar surface area (TPSA) is 37.8 Å². The number of hydrogen-bond acceptors (Lipinski definition) is 3. The molecule has 2 aromatic rings. The van der Waals surface area contributed by atoms with Gasteiger partial charge in [-0.3, -0.25) is 0 Å². The molecule has 0 bridgehead atoms. The van der Waals surface area contributed by atoms with Crippen LogP contribution in [0, 0.1) is 6.92 Å². The minimum absolute atomic E-state index is 0.739. The summed E-state index contributed by atoms with van der Waals surface area (Å²) in [5.74, 6) is 1.61. The molecule has 0 saturated heterocycles. The molecule has 0 aliphatic heterocycles. The molecule has 1 aromatic carbocycles. The summed E-state index contributed by atoms with van der Waals surface area (Å²) in [4.78, 5) is 8.85. The second-order valence-electron chi connectivity index (χ2n) is 4.18. The monoisotopic (exact) mass is 305 g/mol. The van der Waals surface area contributed by atoms with Crippen molar-refractivity contribution < 1.29 is 0 Å². The van der Waals surface area contributed by atoms with E-state index in [0.717, 1.165) is 34.6 Å². The molecular weight excluding hydrogens is 290 g/mol. The van der Waals surface area contributed by atoms with Crippen molar-refractivity contribution in [2.75, 3.05) is 11.9 Å². The lowest BCUT2D eigenvalue weighted by Crippen LogP contribution is -2.03. The summed E-state index contributed by atoms with van der Waals surface area (Å²) < 4.78 is 1.02. The Morgan fingerprint density at radius 3 is 2.83 bits per heavy atom. The first kappa shape index (κ1) is 13.0. The van der Waals surface area contributed by atoms with Crippen molar-refractivity contribution in [1.29, 1.82) is 0 Å². The van der Waals surface area contributed by atoms with Crippen molar-refractivity contribution in [3.05, 3.63) is 40.5 Å². The third kappa shape index (κ3) is 3.07. The van der Waals surface area contributed by atoms with Crippen LogP contribution in [0.3, 0.4) is 0 Å². The average Bonchev–Trinajstić information content (AvgIpc) is 2.36. The van der Waals surface area contributed by atoms with Crippen LogP contribution in [0.25, 0.3) is 11.4 Å². The number of nitrogens with zero attached hydrogens (tertiary/aromatic N) is 2. The molecular formula is C14H16BrN3. The van der Waals surface area contributed by atoms with Crippen molar-refractivity contribution in [3.63, 3.8) is 0 Å². The predicted octanol–water partition coefficient (Wildman–Crippen LogP) is 4.04. The molecule has 0 radical (unpaired) electrons. The Morgan fingerprint density at radius 1 is 1.28 bits per heavy atom. The number of nitrogens with one attached hydrogen (secondary N) is 1. The first-order valence-electron chi connectivity index (χ1n) is 6.04. The number of hydrogen-bond donors (Lipinski definition) is 1. The van der Waals surface area contributed by atoms with Gasteiger partial charge in [-0.15, -0.1) is 0 Å². The molecule has 4 heteroatoms. The molecule has 0 spiro atoms. The lowest BCUT2D eigenvalue weighted by molar-refractivity contribution is 0.966. The van der Waals surface area contributed by atoms with E-state index in [1.165, 1.54) is 5.56 Å². The Labute approximate surface area is 116 Å². The maximum atomic E-state index is 4.52. The molecule has 0 amide bonds. The molecule has 0 aliphatic carbocycles. The Hall–Kier alpha value is -1.42. The highest BCUT2D eigenvalue weighted by molar-refractivity contribution is 9.10. The van der Waals surface area contributed by atoms with Gasteiger partial charge in [-0.1, -0.05) is 28.9 Å². The number of rotatable bonds is 4. The summed E-state index contributed by atoms with van der Waals surface area (Å²) in [6.07, 6.45) is 2.86. The quantitative estimate of drug-likeness (QED) is 0.926. The van der Waals surface area contributed by atoms with Gasteiger partial charge in [-0.25, -0.2) is 9.97 Å². The average molecular weight is 306 g/mol. The Morgan fingerprint density at radius 2 is 2.11 bits per heavy atom. The second kappa shape index (κ2) is 5.96. The van der Waals surface area contributed by atoms with E-state index in [4.69, 9.17) is 0 Å². The van der Waals surface area contributed by atoms with Gasteiger partial charge in [0.15, 0.2) is 5.82 Å². The van der Waals surface area contributed by atoms with Crippen LogP contribution in [0.4, 0.5) is 5.82 Å². The summed E-state index contributed by atoms with van der Waals surface area (Å²) in [6.45, 7) is 5.12. The molecule has 1 aromatic heterocycles. The number of anilines is 1. The van der Waals surface area contributed by atoms with Gasteiger partial charge >= 0.3 is 0 Å². The second-order valence-corrected chi connectivity index (χ2v) is 5.03. The van der Waals surface area contributed by atoms with E-state index in [0.29, 0.717) is 0 Å². The van der Waals surface area contributed by atoms with E-state index >= 15 is 0 Å². The Kier molecular flexibility index (Phi) is 4.31. The number of halogens is 1. The summed E-state index contributed by atoms with van der Waals surface area (Å²) >= 11 is 3.56. The molecule has 1 N–H and O–H groups in total. The molecule has 0 unspecified atom stereocenters. The highest BCUT2D eigenvalue weighted by Gasteiger charge is 2.06. The number of benzene rings is 1. The molecule has 3 nitrogen and oxygen atoms in total. The molecule has 0 aliphatic rings. The normalized spacial score (nSPS) is 10.4. The summed E-state index contributed by atoms with van der Waals surface area (Å²) in [5.41, 5.74) is 2.23. The Balaban J connectivity index is 2.32. The van der Waals surface area contributed by atoms with Crippen molar-refractivity contribution in [2.24, 2.45) is 0 Å². The van der Waals surface area contributed by atoms with Crippen LogP contribution in [0.5, 0.6) is 0 Å². The first-order chi connectivity index (χ1) is 8.70. The summed E-state index contributed by atoms with van der Waals surface area (Å²) in [7, 11) is 0. The first-order valence-corrected chi connectivity index (χ1v) is 6.83. The predicted molar refractivity (Wildman–Crippen MR) is 78.7 cm³/mol. The molecule has 0 atom stereocenters. The van der Waals surface area contributed by atoms with Crippen LogP contribution in [0.2, 0.25) is 0 Å². The van der Waals surface area contributed by atoms with E-state index in [-0.39, 0.29) is 0 Å². The molecule has 0 fully saturated rings. The van der Waals surface area contributed by atoms with Gasteiger partial charge < -0.3 is 5.32 Å². The maximum Gasteiger partial charge on any atom is 0.162 e. The smallest absolute Gasteiger partial charge is 0.162 e. The molecule has 1 heterocycles. The van der Waals surface area contributed by atoms with Crippen LogP contribution in [0.1, 0.15) is 18.9 Å². The SMILES string of the molecule is CCCNc1ccnc(-c2ccc(C)cc2Br)n1. The van der Waals surface area contributed by atoms with E-state index in [2.05, 4.69) is 57.2 Å². The molecule has 0 saturated carbocycles. The number of aryl methyl sites for hydroxylation is 1. The van der Waals surface area contributed by atoms with Gasteiger partial charge in [-0.2, -0.15) is 0 Å². The lowest BCUT2D eigenvalue weighted by atomic mass is 10.1.